The van der Waals surface area contributed by atoms with Gasteiger partial charge >= 0.3 is 0 Å². The second-order valence-electron chi connectivity index (χ2n) is 4.83. The van der Waals surface area contributed by atoms with Crippen LogP contribution in [0.4, 0.5) is 11.4 Å². The average molecular weight is 278 g/mol. The number of hydrogen-bond acceptors (Lipinski definition) is 5. The van der Waals surface area contributed by atoms with Gasteiger partial charge in [0, 0.05) is 37.5 Å². The smallest absolute Gasteiger partial charge is 0.269 e. The quantitative estimate of drug-likeness (QED) is 0.484. The highest BCUT2D eigenvalue weighted by molar-refractivity contribution is 5.82. The van der Waals surface area contributed by atoms with Gasteiger partial charge in [-0.15, -0.1) is 0 Å². The van der Waals surface area contributed by atoms with Gasteiger partial charge in [0.05, 0.1) is 11.0 Å². The molecule has 1 aliphatic rings. The zero-order valence-electron chi connectivity index (χ0n) is 11.3. The maximum absolute atomic E-state index is 11.8. The van der Waals surface area contributed by atoms with E-state index in [4.69, 9.17) is 5.73 Å². The van der Waals surface area contributed by atoms with E-state index < -0.39 is 4.92 Å². The number of nitro benzene ring substituents is 1. The molecule has 1 fully saturated rings. The Bertz CT molecular complexity index is 532. The van der Waals surface area contributed by atoms with Crippen LogP contribution < -0.4 is 11.1 Å². The summed E-state index contributed by atoms with van der Waals surface area (Å²) < 4.78 is 0. The van der Waals surface area contributed by atoms with Crippen molar-refractivity contribution in [3.63, 3.8) is 0 Å². The number of carbonyl (C=O) groups is 1. The van der Waals surface area contributed by atoms with Crippen LogP contribution in [0.25, 0.3) is 0 Å². The molecule has 108 valence electrons. The number of carbonyl (C=O) groups excluding carboxylic acids is 1. The zero-order valence-corrected chi connectivity index (χ0v) is 11.3. The monoisotopic (exact) mass is 278 g/mol. The minimum Gasteiger partial charge on any atom is -0.398 e. The Morgan fingerprint density at radius 1 is 1.55 bits per heavy atom. The fourth-order valence-corrected chi connectivity index (χ4v) is 2.46. The third-order valence-electron chi connectivity index (χ3n) is 3.54. The molecule has 7 nitrogen and oxygen atoms in total. The van der Waals surface area contributed by atoms with Gasteiger partial charge in [-0.25, -0.2) is 0 Å². The topological polar surface area (TPSA) is 102 Å². The Hall–Kier alpha value is -2.15. The predicted octanol–water partition coefficient (Wildman–Crippen LogP) is 0.887. The first-order chi connectivity index (χ1) is 9.52. The molecule has 0 spiro atoms. The molecular weight excluding hydrogens is 260 g/mol. The second kappa shape index (κ2) is 5.87. The lowest BCUT2D eigenvalue weighted by atomic mass is 10.1. The summed E-state index contributed by atoms with van der Waals surface area (Å²) in [4.78, 5) is 24.2. The molecule has 0 saturated carbocycles. The number of nitro groups is 1. The number of piperazine rings is 1. The summed E-state index contributed by atoms with van der Waals surface area (Å²) in [5.41, 5.74) is 7.09. The molecule has 1 aliphatic heterocycles. The van der Waals surface area contributed by atoms with Gasteiger partial charge in [0.1, 0.15) is 0 Å². The van der Waals surface area contributed by atoms with Crippen LogP contribution >= 0.6 is 0 Å². The Kier molecular flexibility index (Phi) is 4.19. The maximum atomic E-state index is 11.8. The minimum atomic E-state index is -0.441. The largest absolute Gasteiger partial charge is 0.398 e. The maximum Gasteiger partial charge on any atom is 0.269 e. The van der Waals surface area contributed by atoms with E-state index in [9.17, 15) is 14.9 Å². The molecular formula is C13H18N4O3. The molecule has 1 amide bonds. The Morgan fingerprint density at radius 2 is 2.30 bits per heavy atom. The van der Waals surface area contributed by atoms with E-state index in [1.165, 1.54) is 12.1 Å². The van der Waals surface area contributed by atoms with Gasteiger partial charge in [0.2, 0.25) is 5.91 Å². The molecule has 1 heterocycles. The van der Waals surface area contributed by atoms with Gasteiger partial charge in [-0.2, -0.15) is 0 Å². The molecule has 0 aromatic heterocycles. The van der Waals surface area contributed by atoms with Crippen molar-refractivity contribution in [2.75, 3.05) is 18.8 Å². The van der Waals surface area contributed by atoms with E-state index in [2.05, 4.69) is 5.32 Å². The van der Waals surface area contributed by atoms with Crippen molar-refractivity contribution in [1.29, 1.82) is 0 Å². The highest BCUT2D eigenvalue weighted by atomic mass is 16.6. The standard InChI is InChI=1S/C13H18N4O3/c1-2-12-13(18)15-5-6-16(12)8-9-7-10(17(19)20)3-4-11(9)14/h3-4,7,12H,2,5-6,8,14H2,1H3,(H,15,18). The van der Waals surface area contributed by atoms with Crippen LogP contribution in [0, 0.1) is 10.1 Å². The lowest BCUT2D eigenvalue weighted by molar-refractivity contribution is -0.384. The second-order valence-corrected chi connectivity index (χ2v) is 4.83. The van der Waals surface area contributed by atoms with Crippen LogP contribution in [0.2, 0.25) is 0 Å². The molecule has 3 N–H and O–H groups in total. The molecule has 0 aliphatic carbocycles. The number of nitrogens with two attached hydrogens (primary N) is 1. The zero-order chi connectivity index (χ0) is 14.7. The van der Waals surface area contributed by atoms with Gasteiger partial charge in [-0.05, 0) is 18.1 Å². The number of nitrogens with one attached hydrogen (secondary N) is 1. The van der Waals surface area contributed by atoms with E-state index in [0.29, 0.717) is 37.3 Å². The lowest BCUT2D eigenvalue weighted by Crippen LogP contribution is -2.54. The van der Waals surface area contributed by atoms with E-state index in [1.807, 2.05) is 11.8 Å². The predicted molar refractivity (Wildman–Crippen MR) is 75.0 cm³/mol. The van der Waals surface area contributed by atoms with Gasteiger partial charge in [0.25, 0.3) is 5.69 Å². The van der Waals surface area contributed by atoms with Crippen molar-refractivity contribution in [1.82, 2.24) is 10.2 Å². The first kappa shape index (κ1) is 14.3. The summed E-state index contributed by atoms with van der Waals surface area (Å²) in [5, 5.41) is 13.6. The summed E-state index contributed by atoms with van der Waals surface area (Å²) in [7, 11) is 0. The fraction of sp³-hybridized carbons (Fsp3) is 0.462. The minimum absolute atomic E-state index is 0.00255. The Morgan fingerprint density at radius 3 is 2.95 bits per heavy atom. The number of amides is 1. The van der Waals surface area contributed by atoms with Crippen molar-refractivity contribution in [3.8, 4) is 0 Å². The van der Waals surface area contributed by atoms with E-state index >= 15 is 0 Å². The number of nitrogens with zero attached hydrogens (tertiary/aromatic N) is 2. The van der Waals surface area contributed by atoms with Crippen molar-refractivity contribution in [3.05, 3.63) is 33.9 Å². The highest BCUT2D eigenvalue weighted by Crippen LogP contribution is 2.23. The Balaban J connectivity index is 2.22. The van der Waals surface area contributed by atoms with Crippen molar-refractivity contribution >= 4 is 17.3 Å². The molecule has 1 aromatic rings. The van der Waals surface area contributed by atoms with Crippen LogP contribution in [-0.2, 0) is 11.3 Å². The molecule has 20 heavy (non-hydrogen) atoms. The number of non-ortho nitro benzene ring substituents is 1. The van der Waals surface area contributed by atoms with Gasteiger partial charge in [-0.3, -0.25) is 19.8 Å². The lowest BCUT2D eigenvalue weighted by Gasteiger charge is -2.34. The fourth-order valence-electron chi connectivity index (χ4n) is 2.46. The molecule has 1 saturated heterocycles. The average Bonchev–Trinajstić information content (AvgIpc) is 2.41. The van der Waals surface area contributed by atoms with E-state index in [-0.39, 0.29) is 17.6 Å². The van der Waals surface area contributed by atoms with E-state index in [0.717, 1.165) is 0 Å². The number of benzene rings is 1. The summed E-state index contributed by atoms with van der Waals surface area (Å²) in [6, 6.07) is 4.20. The molecule has 2 rings (SSSR count). The third kappa shape index (κ3) is 2.88. The third-order valence-corrected chi connectivity index (χ3v) is 3.54. The van der Waals surface area contributed by atoms with Crippen LogP contribution in [0.15, 0.2) is 18.2 Å². The summed E-state index contributed by atoms with van der Waals surface area (Å²) in [6.45, 7) is 3.69. The number of rotatable bonds is 4. The molecule has 1 atom stereocenters. The number of nitrogen functional groups attached to an aromatic ring is 1. The van der Waals surface area contributed by atoms with Crippen molar-refractivity contribution in [2.24, 2.45) is 0 Å². The van der Waals surface area contributed by atoms with Crippen LogP contribution in [0.5, 0.6) is 0 Å². The van der Waals surface area contributed by atoms with E-state index in [1.54, 1.807) is 6.07 Å². The van der Waals surface area contributed by atoms with Gasteiger partial charge in [0.15, 0.2) is 0 Å². The Labute approximate surface area is 116 Å². The summed E-state index contributed by atoms with van der Waals surface area (Å²) in [5.74, 6) is 0.00255. The first-order valence-electron chi connectivity index (χ1n) is 6.57. The molecule has 1 unspecified atom stereocenters. The normalized spacial score (nSPS) is 19.6. The first-order valence-corrected chi connectivity index (χ1v) is 6.57. The van der Waals surface area contributed by atoms with Crippen LogP contribution in [-0.4, -0.2) is 34.9 Å². The van der Waals surface area contributed by atoms with Crippen molar-refractivity contribution in [2.45, 2.75) is 25.9 Å². The highest BCUT2D eigenvalue weighted by Gasteiger charge is 2.28. The summed E-state index contributed by atoms with van der Waals surface area (Å²) in [6.07, 6.45) is 0.695. The van der Waals surface area contributed by atoms with Crippen LogP contribution in [0.3, 0.4) is 0 Å². The van der Waals surface area contributed by atoms with Gasteiger partial charge in [-0.1, -0.05) is 6.92 Å². The number of hydrogen-bond donors (Lipinski definition) is 2. The molecule has 7 heteroatoms. The molecule has 0 radical (unpaired) electrons. The number of anilines is 1. The SMILES string of the molecule is CCC1C(=O)NCCN1Cc1cc([N+](=O)[O-])ccc1N. The molecule has 0 bridgehead atoms. The molecule has 1 aromatic carbocycles. The van der Waals surface area contributed by atoms with Gasteiger partial charge < -0.3 is 11.1 Å². The van der Waals surface area contributed by atoms with Crippen LogP contribution in [0.1, 0.15) is 18.9 Å². The van der Waals surface area contributed by atoms with Crippen molar-refractivity contribution < 1.29 is 9.72 Å². The summed E-state index contributed by atoms with van der Waals surface area (Å²) >= 11 is 0.